The van der Waals surface area contributed by atoms with Crippen molar-refractivity contribution < 1.29 is 32.2 Å². The molecule has 1 heterocycles. The molecule has 1 atom stereocenters. The molecule has 1 aliphatic heterocycles. The van der Waals surface area contributed by atoms with Gasteiger partial charge in [0.2, 0.25) is 5.91 Å². The summed E-state index contributed by atoms with van der Waals surface area (Å²) in [4.78, 5) is 16.4. The molecule has 0 saturated heterocycles. The Labute approximate surface area is 221 Å². The minimum atomic E-state index is -4.46. The van der Waals surface area contributed by atoms with Crippen molar-refractivity contribution in [2.45, 2.75) is 57.2 Å². The number of alkyl halides is 3. The van der Waals surface area contributed by atoms with Gasteiger partial charge in [-0.05, 0) is 104 Å². The molecule has 5 nitrogen and oxygen atoms in total. The number of carbonyl (C=O) groups excluding carboxylic acids is 1. The smallest absolute Gasteiger partial charge is 0.416 e. The molecule has 5 aliphatic rings. The summed E-state index contributed by atoms with van der Waals surface area (Å²) in [6.45, 7) is 0.599. The Balaban J connectivity index is 1.34. The van der Waals surface area contributed by atoms with Gasteiger partial charge < -0.3 is 19.1 Å². The molecule has 2 aromatic carbocycles. The Bertz CT molecular complexity index is 1190. The minimum Gasteiger partial charge on any atom is -0.493 e. The number of rotatable bonds is 6. The SMILES string of the molecule is COc1cc2c(cc1OC)[C@H](COc1cccc(C(F)(F)F)c1)N(C(=O)C13CC4CC(CC(C4)C1)C3)CC2. The lowest BCUT2D eigenvalue weighted by atomic mass is 9.49. The summed E-state index contributed by atoms with van der Waals surface area (Å²) >= 11 is 0. The van der Waals surface area contributed by atoms with Gasteiger partial charge in [-0.1, -0.05) is 6.07 Å². The Morgan fingerprint density at radius 3 is 2.21 bits per heavy atom. The standard InChI is InChI=1S/C30H34F3NO4/c1-36-26-11-21-6-7-34(28(35)29-14-18-8-19(15-29)10-20(9-18)16-29)25(24(21)13-27(26)37-2)17-38-23-5-3-4-22(12-23)30(31,32)33/h3-5,11-13,18-20,25H,6-10,14-17H2,1-2H3/t18?,19?,20?,25-,29?/m0/s1. The number of ether oxygens (including phenoxy) is 3. The Hall–Kier alpha value is -2.90. The van der Waals surface area contributed by atoms with Crippen molar-refractivity contribution in [3.63, 3.8) is 0 Å². The monoisotopic (exact) mass is 529 g/mol. The van der Waals surface area contributed by atoms with Crippen LogP contribution >= 0.6 is 0 Å². The van der Waals surface area contributed by atoms with Crippen molar-refractivity contribution >= 4 is 5.91 Å². The lowest BCUT2D eigenvalue weighted by Gasteiger charge is -2.57. The highest BCUT2D eigenvalue weighted by atomic mass is 19.4. The van der Waals surface area contributed by atoms with Gasteiger partial charge in [0, 0.05) is 6.54 Å². The maximum Gasteiger partial charge on any atom is 0.416 e. The van der Waals surface area contributed by atoms with Crippen LogP contribution in [0.1, 0.15) is 61.3 Å². The van der Waals surface area contributed by atoms with Crippen molar-refractivity contribution in [2.24, 2.45) is 23.2 Å². The number of hydrogen-bond acceptors (Lipinski definition) is 4. The second kappa shape index (κ2) is 9.38. The van der Waals surface area contributed by atoms with E-state index in [-0.39, 0.29) is 23.7 Å². The third-order valence-electron chi connectivity index (χ3n) is 9.32. The molecule has 204 valence electrons. The molecule has 4 bridgehead atoms. The van der Waals surface area contributed by atoms with E-state index >= 15 is 0 Å². The summed E-state index contributed by atoms with van der Waals surface area (Å²) in [5.41, 5.74) is 0.859. The van der Waals surface area contributed by atoms with E-state index in [9.17, 15) is 18.0 Å². The predicted octanol–water partition coefficient (Wildman–Crippen LogP) is 6.44. The van der Waals surface area contributed by atoms with Crippen LogP contribution in [0.5, 0.6) is 17.2 Å². The number of benzene rings is 2. The maximum atomic E-state index is 14.4. The normalized spacial score (nSPS) is 29.7. The number of hydrogen-bond donors (Lipinski definition) is 0. The first-order chi connectivity index (χ1) is 18.2. The van der Waals surface area contributed by atoms with E-state index in [0.717, 1.165) is 42.5 Å². The highest BCUT2D eigenvalue weighted by Gasteiger charge is 2.56. The zero-order valence-electron chi connectivity index (χ0n) is 21.9. The van der Waals surface area contributed by atoms with Crippen molar-refractivity contribution in [1.82, 2.24) is 4.90 Å². The number of halogens is 3. The van der Waals surface area contributed by atoms with Gasteiger partial charge in [-0.25, -0.2) is 0 Å². The van der Waals surface area contributed by atoms with Gasteiger partial charge in [-0.3, -0.25) is 4.79 Å². The zero-order valence-corrected chi connectivity index (χ0v) is 21.9. The molecule has 4 aliphatic carbocycles. The molecule has 2 aromatic rings. The Kier molecular flexibility index (Phi) is 6.27. The summed E-state index contributed by atoms with van der Waals surface area (Å²) in [5, 5.41) is 0. The first-order valence-electron chi connectivity index (χ1n) is 13.5. The van der Waals surface area contributed by atoms with E-state index in [0.29, 0.717) is 42.2 Å². The van der Waals surface area contributed by atoms with Crippen LogP contribution in [-0.2, 0) is 17.4 Å². The van der Waals surface area contributed by atoms with E-state index in [1.54, 1.807) is 14.2 Å². The van der Waals surface area contributed by atoms with E-state index in [4.69, 9.17) is 14.2 Å². The summed E-state index contributed by atoms with van der Waals surface area (Å²) in [5.74, 6) is 3.39. The fourth-order valence-corrected chi connectivity index (χ4v) is 8.07. The van der Waals surface area contributed by atoms with E-state index in [2.05, 4.69) is 0 Å². The fourth-order valence-electron chi connectivity index (χ4n) is 8.07. The molecular weight excluding hydrogens is 495 g/mol. The number of amides is 1. The number of methoxy groups -OCH3 is 2. The van der Waals surface area contributed by atoms with Crippen molar-refractivity contribution in [3.05, 3.63) is 53.1 Å². The van der Waals surface area contributed by atoms with Gasteiger partial charge in [-0.2, -0.15) is 13.2 Å². The number of carbonyl (C=O) groups is 1. The van der Waals surface area contributed by atoms with Crippen LogP contribution in [0.15, 0.2) is 36.4 Å². The highest BCUT2D eigenvalue weighted by Crippen LogP contribution is 2.61. The van der Waals surface area contributed by atoms with E-state index in [1.807, 2.05) is 17.0 Å². The molecule has 0 aromatic heterocycles. The first kappa shape index (κ1) is 25.4. The Morgan fingerprint density at radius 2 is 1.61 bits per heavy atom. The quantitative estimate of drug-likeness (QED) is 0.432. The summed E-state index contributed by atoms with van der Waals surface area (Å²) < 4.78 is 57.0. The lowest BCUT2D eigenvalue weighted by molar-refractivity contribution is -0.161. The third kappa shape index (κ3) is 4.39. The minimum absolute atomic E-state index is 0.0574. The van der Waals surface area contributed by atoms with Crippen LogP contribution in [0.25, 0.3) is 0 Å². The molecule has 1 amide bonds. The average Bonchev–Trinajstić information content (AvgIpc) is 2.89. The lowest BCUT2D eigenvalue weighted by Crippen LogP contribution is -2.56. The van der Waals surface area contributed by atoms with Crippen molar-refractivity contribution in [1.29, 1.82) is 0 Å². The van der Waals surface area contributed by atoms with Crippen LogP contribution in [0.3, 0.4) is 0 Å². The molecule has 0 unspecified atom stereocenters. The van der Waals surface area contributed by atoms with Gasteiger partial charge >= 0.3 is 6.18 Å². The van der Waals surface area contributed by atoms with Gasteiger partial charge in [0.25, 0.3) is 0 Å². The number of nitrogens with zero attached hydrogens (tertiary/aromatic N) is 1. The molecule has 0 radical (unpaired) electrons. The molecule has 7 rings (SSSR count). The topological polar surface area (TPSA) is 48.0 Å². The molecule has 4 saturated carbocycles. The van der Waals surface area contributed by atoms with Crippen LogP contribution in [-0.4, -0.2) is 38.2 Å². The molecule has 38 heavy (non-hydrogen) atoms. The first-order valence-corrected chi connectivity index (χ1v) is 13.5. The van der Waals surface area contributed by atoms with Crippen molar-refractivity contribution in [3.8, 4) is 17.2 Å². The number of fused-ring (bicyclic) bond motifs is 1. The average molecular weight is 530 g/mol. The molecule has 0 spiro atoms. The van der Waals surface area contributed by atoms with E-state index < -0.39 is 17.8 Å². The van der Waals surface area contributed by atoms with Crippen LogP contribution in [0.2, 0.25) is 0 Å². The summed E-state index contributed by atoms with van der Waals surface area (Å²) in [6.07, 6.45) is 2.81. The summed E-state index contributed by atoms with van der Waals surface area (Å²) in [7, 11) is 3.16. The maximum absolute atomic E-state index is 14.4. The zero-order chi connectivity index (χ0) is 26.7. The highest BCUT2D eigenvalue weighted by molar-refractivity contribution is 5.84. The third-order valence-corrected chi connectivity index (χ3v) is 9.32. The second-order valence-electron chi connectivity index (χ2n) is 11.7. The molecular formula is C30H34F3NO4. The van der Waals surface area contributed by atoms with Crippen LogP contribution < -0.4 is 14.2 Å². The molecule has 8 heteroatoms. The van der Waals surface area contributed by atoms with Crippen LogP contribution in [0.4, 0.5) is 13.2 Å². The van der Waals surface area contributed by atoms with Gasteiger partial charge in [-0.15, -0.1) is 0 Å². The largest absolute Gasteiger partial charge is 0.493 e. The van der Waals surface area contributed by atoms with Crippen molar-refractivity contribution in [2.75, 3.05) is 27.4 Å². The predicted molar refractivity (Wildman–Crippen MR) is 135 cm³/mol. The van der Waals surface area contributed by atoms with Gasteiger partial charge in [0.05, 0.1) is 31.2 Å². The summed E-state index contributed by atoms with van der Waals surface area (Å²) in [6, 6.07) is 8.32. The second-order valence-corrected chi connectivity index (χ2v) is 11.7. The van der Waals surface area contributed by atoms with Gasteiger partial charge in [0.15, 0.2) is 11.5 Å². The molecule has 0 N–H and O–H groups in total. The molecule has 4 fully saturated rings. The van der Waals surface area contributed by atoms with E-state index in [1.165, 1.54) is 31.4 Å². The van der Waals surface area contributed by atoms with Crippen LogP contribution in [0, 0.1) is 23.2 Å². The Morgan fingerprint density at radius 1 is 0.974 bits per heavy atom. The van der Waals surface area contributed by atoms with Gasteiger partial charge in [0.1, 0.15) is 12.4 Å². The fraction of sp³-hybridized carbons (Fsp3) is 0.567.